The zero-order valence-electron chi connectivity index (χ0n) is 18.8. The van der Waals surface area contributed by atoms with Gasteiger partial charge in [-0.25, -0.2) is 0 Å². The van der Waals surface area contributed by atoms with Gasteiger partial charge in [-0.1, -0.05) is 12.1 Å². The summed E-state index contributed by atoms with van der Waals surface area (Å²) in [6, 6.07) is 6.20. The second-order valence-electron chi connectivity index (χ2n) is 7.56. The minimum atomic E-state index is -4.39. The van der Waals surface area contributed by atoms with Gasteiger partial charge < -0.3 is 19.1 Å². The number of hydrogen-bond donors (Lipinski definition) is 0. The van der Waals surface area contributed by atoms with E-state index < -0.39 is 28.3 Å². The molecule has 1 aliphatic heterocycles. The molecule has 1 aliphatic rings. The van der Waals surface area contributed by atoms with Gasteiger partial charge in [0.15, 0.2) is 5.75 Å². The second-order valence-corrected chi connectivity index (χ2v) is 7.56. The first-order valence-electron chi connectivity index (χ1n) is 10.3. The van der Waals surface area contributed by atoms with E-state index in [4.69, 9.17) is 14.2 Å². The third kappa shape index (κ3) is 5.16. The van der Waals surface area contributed by atoms with E-state index in [1.54, 1.807) is 0 Å². The van der Waals surface area contributed by atoms with E-state index in [0.29, 0.717) is 25.2 Å². The summed E-state index contributed by atoms with van der Waals surface area (Å²) in [4.78, 5) is 27.8. The average Bonchev–Trinajstić information content (AvgIpc) is 2.82. The number of nitro groups is 1. The highest BCUT2D eigenvalue weighted by atomic mass is 19.4. The SMILES string of the molecule is COc1cc(C(=O)N2CCN(Cc3ccc(C(F)(F)F)cc3)CC2)c([N+](=O)[O-])c(OC)c1OC. The fraction of sp³-hybridized carbons (Fsp3) is 0.409. The minimum absolute atomic E-state index is 0.00890. The molecule has 0 spiro atoms. The van der Waals surface area contributed by atoms with Crippen LogP contribution in [0, 0.1) is 10.1 Å². The van der Waals surface area contributed by atoms with Crippen LogP contribution < -0.4 is 14.2 Å². The molecule has 0 aliphatic carbocycles. The van der Waals surface area contributed by atoms with Gasteiger partial charge in [0.2, 0.25) is 11.5 Å². The Morgan fingerprint density at radius 2 is 1.59 bits per heavy atom. The van der Waals surface area contributed by atoms with Crippen molar-refractivity contribution in [3.8, 4) is 17.2 Å². The number of carbonyl (C=O) groups is 1. The summed E-state index contributed by atoms with van der Waals surface area (Å²) in [5.41, 5.74) is -0.695. The van der Waals surface area contributed by atoms with Crippen molar-refractivity contribution in [2.75, 3.05) is 47.5 Å². The molecule has 0 radical (unpaired) electrons. The quantitative estimate of drug-likeness (QED) is 0.439. The largest absolute Gasteiger partial charge is 0.493 e. The van der Waals surface area contributed by atoms with Crippen molar-refractivity contribution in [2.45, 2.75) is 12.7 Å². The average molecular weight is 483 g/mol. The van der Waals surface area contributed by atoms with Crippen LogP contribution in [-0.4, -0.2) is 68.1 Å². The van der Waals surface area contributed by atoms with Gasteiger partial charge in [-0.3, -0.25) is 19.8 Å². The van der Waals surface area contributed by atoms with Crippen molar-refractivity contribution in [3.05, 3.63) is 57.1 Å². The number of amides is 1. The molecule has 12 heteroatoms. The Morgan fingerprint density at radius 1 is 1.00 bits per heavy atom. The molecular weight excluding hydrogens is 459 g/mol. The monoisotopic (exact) mass is 483 g/mol. The van der Waals surface area contributed by atoms with E-state index in [-0.39, 0.29) is 35.9 Å². The molecule has 9 nitrogen and oxygen atoms in total. The molecule has 0 saturated carbocycles. The molecule has 1 saturated heterocycles. The van der Waals surface area contributed by atoms with Gasteiger partial charge in [0.05, 0.1) is 31.8 Å². The van der Waals surface area contributed by atoms with E-state index in [1.807, 2.05) is 4.90 Å². The minimum Gasteiger partial charge on any atom is -0.493 e. The van der Waals surface area contributed by atoms with Crippen molar-refractivity contribution >= 4 is 11.6 Å². The van der Waals surface area contributed by atoms with Crippen LogP contribution in [0.4, 0.5) is 18.9 Å². The van der Waals surface area contributed by atoms with E-state index in [1.165, 1.54) is 44.4 Å². The number of ether oxygens (including phenoxy) is 3. The number of halogens is 3. The van der Waals surface area contributed by atoms with E-state index in [2.05, 4.69) is 0 Å². The lowest BCUT2D eigenvalue weighted by Crippen LogP contribution is -2.48. The van der Waals surface area contributed by atoms with Crippen LogP contribution in [-0.2, 0) is 12.7 Å². The van der Waals surface area contributed by atoms with Crippen molar-refractivity contribution in [2.24, 2.45) is 0 Å². The predicted molar refractivity (Wildman–Crippen MR) is 115 cm³/mol. The molecule has 3 rings (SSSR count). The summed E-state index contributed by atoms with van der Waals surface area (Å²) in [5.74, 6) is -0.639. The Bertz CT molecular complexity index is 1050. The third-order valence-corrected chi connectivity index (χ3v) is 5.56. The molecule has 184 valence electrons. The van der Waals surface area contributed by atoms with Crippen molar-refractivity contribution in [3.63, 3.8) is 0 Å². The first kappa shape index (κ1) is 25.1. The highest BCUT2D eigenvalue weighted by molar-refractivity contribution is 6.00. The van der Waals surface area contributed by atoms with E-state index in [9.17, 15) is 28.1 Å². The Balaban J connectivity index is 1.75. The maximum Gasteiger partial charge on any atom is 0.416 e. The fourth-order valence-corrected chi connectivity index (χ4v) is 3.82. The number of methoxy groups -OCH3 is 3. The Labute approximate surface area is 193 Å². The molecule has 1 amide bonds. The number of rotatable bonds is 7. The lowest BCUT2D eigenvalue weighted by Gasteiger charge is -2.34. The normalized spacial score (nSPS) is 14.6. The van der Waals surface area contributed by atoms with Crippen LogP contribution in [0.25, 0.3) is 0 Å². The molecule has 34 heavy (non-hydrogen) atoms. The number of benzene rings is 2. The summed E-state index contributed by atoms with van der Waals surface area (Å²) < 4.78 is 53.8. The van der Waals surface area contributed by atoms with Crippen molar-refractivity contribution in [1.82, 2.24) is 9.80 Å². The molecule has 0 atom stereocenters. The number of alkyl halides is 3. The summed E-state index contributed by atoms with van der Waals surface area (Å²) in [5, 5.41) is 11.8. The van der Waals surface area contributed by atoms with Gasteiger partial charge >= 0.3 is 11.9 Å². The summed E-state index contributed by atoms with van der Waals surface area (Å²) in [7, 11) is 3.89. The molecule has 0 bridgehead atoms. The van der Waals surface area contributed by atoms with Gasteiger partial charge in [-0.05, 0) is 17.7 Å². The molecule has 0 aromatic heterocycles. The molecular formula is C22H24F3N3O6. The van der Waals surface area contributed by atoms with Gasteiger partial charge in [0.25, 0.3) is 5.91 Å². The number of nitrogens with zero attached hydrogens (tertiary/aromatic N) is 3. The summed E-state index contributed by atoms with van der Waals surface area (Å²) in [6.07, 6.45) is -4.39. The summed E-state index contributed by atoms with van der Waals surface area (Å²) >= 11 is 0. The third-order valence-electron chi connectivity index (χ3n) is 5.56. The Morgan fingerprint density at radius 3 is 2.06 bits per heavy atom. The fourth-order valence-electron chi connectivity index (χ4n) is 3.82. The maximum atomic E-state index is 13.2. The van der Waals surface area contributed by atoms with Crippen LogP contribution in [0.2, 0.25) is 0 Å². The molecule has 2 aromatic rings. The number of piperazine rings is 1. The van der Waals surface area contributed by atoms with Gasteiger partial charge in [0, 0.05) is 38.8 Å². The molecule has 1 heterocycles. The van der Waals surface area contributed by atoms with Crippen LogP contribution in [0.3, 0.4) is 0 Å². The molecule has 0 N–H and O–H groups in total. The van der Waals surface area contributed by atoms with Gasteiger partial charge in [-0.15, -0.1) is 0 Å². The smallest absolute Gasteiger partial charge is 0.416 e. The second kappa shape index (κ2) is 10.2. The standard InChI is InChI=1S/C22H24F3N3O6/c1-32-17-12-16(18(28(30)31)20(34-3)19(17)33-2)21(29)27-10-8-26(9-11-27)13-14-4-6-15(7-5-14)22(23,24)25/h4-7,12H,8-11,13H2,1-3H3. The zero-order valence-corrected chi connectivity index (χ0v) is 18.8. The number of carbonyl (C=O) groups excluding carboxylic acids is 1. The number of hydrogen-bond acceptors (Lipinski definition) is 7. The van der Waals surface area contributed by atoms with Crippen LogP contribution in [0.5, 0.6) is 17.2 Å². The zero-order chi connectivity index (χ0) is 25.0. The molecule has 2 aromatic carbocycles. The predicted octanol–water partition coefficient (Wildman–Crippen LogP) is 3.60. The first-order chi connectivity index (χ1) is 16.1. The maximum absolute atomic E-state index is 13.2. The lowest BCUT2D eigenvalue weighted by atomic mass is 10.1. The topological polar surface area (TPSA) is 94.4 Å². The Hall–Kier alpha value is -3.54. The van der Waals surface area contributed by atoms with Crippen molar-refractivity contribution in [1.29, 1.82) is 0 Å². The van der Waals surface area contributed by atoms with Gasteiger partial charge in [0.1, 0.15) is 5.56 Å². The van der Waals surface area contributed by atoms with Crippen LogP contribution in [0.15, 0.2) is 30.3 Å². The lowest BCUT2D eigenvalue weighted by molar-refractivity contribution is -0.386. The van der Waals surface area contributed by atoms with Crippen molar-refractivity contribution < 1.29 is 37.1 Å². The highest BCUT2D eigenvalue weighted by Gasteiger charge is 2.35. The molecule has 1 fully saturated rings. The summed E-state index contributed by atoms with van der Waals surface area (Å²) in [6.45, 7) is 1.89. The van der Waals surface area contributed by atoms with Crippen LogP contribution in [0.1, 0.15) is 21.5 Å². The van der Waals surface area contributed by atoms with Crippen LogP contribution >= 0.6 is 0 Å². The number of nitro benzene ring substituents is 1. The first-order valence-corrected chi connectivity index (χ1v) is 10.3. The molecule has 0 unspecified atom stereocenters. The van der Waals surface area contributed by atoms with E-state index >= 15 is 0 Å². The Kier molecular flexibility index (Phi) is 7.50. The highest BCUT2D eigenvalue weighted by Crippen LogP contribution is 2.46. The van der Waals surface area contributed by atoms with Gasteiger partial charge in [-0.2, -0.15) is 13.2 Å². The van der Waals surface area contributed by atoms with E-state index in [0.717, 1.165) is 12.1 Å².